The molecule has 1 aliphatic heterocycles. The number of carboxylic acid groups (broad SMARTS) is 1. The minimum Gasteiger partial charge on any atom is -0.497 e. The van der Waals surface area contributed by atoms with Crippen molar-refractivity contribution in [2.24, 2.45) is 0 Å². The number of carbonyl (C=O) groups is 2. The average molecular weight is 537 g/mol. The molecule has 9 heteroatoms. The second-order valence-electron chi connectivity index (χ2n) is 9.78. The Labute approximate surface area is 226 Å². The molecule has 0 saturated heterocycles. The van der Waals surface area contributed by atoms with Crippen LogP contribution in [0.4, 0.5) is 11.4 Å². The number of anilines is 2. The quantitative estimate of drug-likeness (QED) is 0.403. The number of likely N-dealkylation sites (N-methyl/N-ethyl adjacent to an activating group) is 1. The Kier molecular flexibility index (Phi) is 6.84. The average Bonchev–Trinajstić information content (AvgIpc) is 3.71. The summed E-state index contributed by atoms with van der Waals surface area (Å²) in [6, 6.07) is 15.9. The number of aryl methyl sites for hydroxylation is 1. The molecule has 1 amide bonds. The van der Waals surface area contributed by atoms with Gasteiger partial charge in [0.25, 0.3) is 5.91 Å². The molecule has 1 aliphatic carbocycles. The van der Waals surface area contributed by atoms with E-state index in [-0.39, 0.29) is 12.0 Å². The third-order valence-electron chi connectivity index (χ3n) is 7.15. The van der Waals surface area contributed by atoms with E-state index in [0.717, 1.165) is 22.7 Å². The van der Waals surface area contributed by atoms with Gasteiger partial charge in [0.15, 0.2) is 0 Å². The zero-order chi connectivity index (χ0) is 27.0. The first-order valence-electron chi connectivity index (χ1n) is 12.3. The molecule has 0 bridgehead atoms. The number of carbonyl (C=O) groups excluding carboxylic acids is 1. The lowest BCUT2D eigenvalue weighted by atomic mass is 9.95. The molecule has 38 heavy (non-hydrogen) atoms. The summed E-state index contributed by atoms with van der Waals surface area (Å²) in [5, 5.41) is 12.8. The number of fused-ring (bicyclic) bond motifs is 1. The van der Waals surface area contributed by atoms with Crippen molar-refractivity contribution in [3.8, 4) is 17.2 Å². The van der Waals surface area contributed by atoms with E-state index < -0.39 is 11.4 Å². The van der Waals surface area contributed by atoms with Gasteiger partial charge in [-0.25, -0.2) is 0 Å². The summed E-state index contributed by atoms with van der Waals surface area (Å²) in [4.78, 5) is 26.9. The standard InChI is InChI=1S/C29H29ClN2O6/c1-17-12-20(37-16-21-15-32(2)25-14-19(36-3)6-9-26(25)38-21)5-7-22(17)27(33)31-24-13-18(4-8-23(24)30)29(10-11-29)28(34)35/h4-9,12-14,21H,10-11,15-16H2,1-3H3,(H,31,33)(H,34,35)/t21-/m0/s1. The number of hydrogen-bond acceptors (Lipinski definition) is 6. The molecule has 2 aliphatic rings. The van der Waals surface area contributed by atoms with Crippen LogP contribution in [0.1, 0.15) is 34.3 Å². The Morgan fingerprint density at radius 1 is 1.13 bits per heavy atom. The van der Waals surface area contributed by atoms with Gasteiger partial charge in [-0.1, -0.05) is 17.7 Å². The number of methoxy groups -OCH3 is 1. The number of benzene rings is 3. The Bertz CT molecular complexity index is 1400. The zero-order valence-electron chi connectivity index (χ0n) is 21.4. The molecular formula is C29H29ClN2O6. The Morgan fingerprint density at radius 3 is 2.58 bits per heavy atom. The van der Waals surface area contributed by atoms with E-state index in [0.29, 0.717) is 53.6 Å². The molecule has 0 aromatic heterocycles. The van der Waals surface area contributed by atoms with E-state index in [2.05, 4.69) is 10.2 Å². The van der Waals surface area contributed by atoms with Crippen LogP contribution in [0.15, 0.2) is 54.6 Å². The molecule has 198 valence electrons. The minimum absolute atomic E-state index is 0.167. The first-order valence-corrected chi connectivity index (χ1v) is 12.7. The van der Waals surface area contributed by atoms with Crippen LogP contribution in [0.2, 0.25) is 5.02 Å². The lowest BCUT2D eigenvalue weighted by molar-refractivity contribution is -0.140. The lowest BCUT2D eigenvalue weighted by Crippen LogP contribution is -2.41. The SMILES string of the molecule is COc1ccc2c(c1)N(C)C[C@@H](COc1ccc(C(=O)Nc3cc(C4(C(=O)O)CC4)ccc3Cl)c(C)c1)O2. The minimum atomic E-state index is -0.884. The largest absolute Gasteiger partial charge is 0.497 e. The van der Waals surface area contributed by atoms with Crippen molar-refractivity contribution in [1.82, 2.24) is 0 Å². The summed E-state index contributed by atoms with van der Waals surface area (Å²) in [5.74, 6) is 0.976. The monoisotopic (exact) mass is 536 g/mol. The highest BCUT2D eigenvalue weighted by atomic mass is 35.5. The topological polar surface area (TPSA) is 97.3 Å². The van der Waals surface area contributed by atoms with Crippen molar-refractivity contribution in [2.45, 2.75) is 31.3 Å². The number of amides is 1. The van der Waals surface area contributed by atoms with Crippen molar-refractivity contribution < 1.29 is 28.9 Å². The van der Waals surface area contributed by atoms with Crippen molar-refractivity contribution >= 4 is 34.9 Å². The molecule has 0 radical (unpaired) electrons. The van der Waals surface area contributed by atoms with Gasteiger partial charge in [-0.2, -0.15) is 0 Å². The molecule has 3 aromatic rings. The lowest BCUT2D eigenvalue weighted by Gasteiger charge is -2.33. The fourth-order valence-electron chi connectivity index (χ4n) is 4.76. The van der Waals surface area contributed by atoms with Crippen LogP contribution in [0.25, 0.3) is 0 Å². The van der Waals surface area contributed by atoms with E-state index >= 15 is 0 Å². The molecule has 1 atom stereocenters. The van der Waals surface area contributed by atoms with Crippen molar-refractivity contribution in [3.63, 3.8) is 0 Å². The van der Waals surface area contributed by atoms with E-state index in [1.54, 1.807) is 37.4 Å². The molecule has 2 N–H and O–H groups in total. The van der Waals surface area contributed by atoms with Gasteiger partial charge in [-0.15, -0.1) is 0 Å². The third-order valence-corrected chi connectivity index (χ3v) is 7.48. The molecule has 1 fully saturated rings. The molecule has 3 aromatic carbocycles. The smallest absolute Gasteiger partial charge is 0.314 e. The van der Waals surface area contributed by atoms with Crippen LogP contribution < -0.4 is 24.4 Å². The van der Waals surface area contributed by atoms with Crippen LogP contribution in [0.3, 0.4) is 0 Å². The molecule has 0 unspecified atom stereocenters. The van der Waals surface area contributed by atoms with Gasteiger partial charge in [0.2, 0.25) is 0 Å². The highest BCUT2D eigenvalue weighted by Crippen LogP contribution is 2.49. The molecular weight excluding hydrogens is 508 g/mol. The van der Waals surface area contributed by atoms with Crippen LogP contribution >= 0.6 is 11.6 Å². The normalized spacial score (nSPS) is 17.2. The number of carboxylic acids is 1. The number of aliphatic carboxylic acids is 1. The fourth-order valence-corrected chi connectivity index (χ4v) is 4.92. The summed E-state index contributed by atoms with van der Waals surface area (Å²) < 4.78 is 17.4. The van der Waals surface area contributed by atoms with Gasteiger partial charge in [0.05, 0.1) is 35.5 Å². The van der Waals surface area contributed by atoms with E-state index in [9.17, 15) is 14.7 Å². The summed E-state index contributed by atoms with van der Waals surface area (Å²) in [6.45, 7) is 2.83. The third kappa shape index (κ3) is 4.96. The first-order chi connectivity index (χ1) is 18.2. The Balaban J connectivity index is 1.23. The summed E-state index contributed by atoms with van der Waals surface area (Å²) >= 11 is 6.31. The van der Waals surface area contributed by atoms with Crippen LogP contribution in [-0.4, -0.2) is 50.4 Å². The summed E-state index contributed by atoms with van der Waals surface area (Å²) in [6.07, 6.45) is 0.974. The molecule has 8 nitrogen and oxygen atoms in total. The van der Waals surface area contributed by atoms with Crippen molar-refractivity contribution in [2.75, 3.05) is 37.5 Å². The predicted molar refractivity (Wildman–Crippen MR) is 145 cm³/mol. The zero-order valence-corrected chi connectivity index (χ0v) is 22.2. The maximum Gasteiger partial charge on any atom is 0.314 e. The van der Waals surface area contributed by atoms with Gasteiger partial charge in [-0.3, -0.25) is 9.59 Å². The molecule has 5 rings (SSSR count). The maximum absolute atomic E-state index is 13.1. The number of nitrogens with zero attached hydrogens (tertiary/aromatic N) is 1. The highest BCUT2D eigenvalue weighted by molar-refractivity contribution is 6.34. The van der Waals surface area contributed by atoms with Crippen molar-refractivity contribution in [1.29, 1.82) is 0 Å². The molecule has 0 spiro atoms. The Hall–Kier alpha value is -3.91. The summed E-state index contributed by atoms with van der Waals surface area (Å²) in [7, 11) is 3.64. The second kappa shape index (κ2) is 10.1. The van der Waals surface area contributed by atoms with Crippen molar-refractivity contribution in [3.05, 3.63) is 76.3 Å². The van der Waals surface area contributed by atoms with Gasteiger partial charge in [-0.05, 0) is 73.4 Å². The van der Waals surface area contributed by atoms with Crippen LogP contribution in [0, 0.1) is 6.92 Å². The molecule has 1 saturated carbocycles. The maximum atomic E-state index is 13.1. The number of hydrogen-bond donors (Lipinski definition) is 2. The van der Waals surface area contributed by atoms with E-state index in [1.807, 2.05) is 38.2 Å². The summed E-state index contributed by atoms with van der Waals surface area (Å²) in [5.41, 5.74) is 2.31. The Morgan fingerprint density at radius 2 is 1.89 bits per heavy atom. The highest BCUT2D eigenvalue weighted by Gasteiger charge is 2.51. The predicted octanol–water partition coefficient (Wildman–Crippen LogP) is 5.30. The number of ether oxygens (including phenoxy) is 3. The second-order valence-corrected chi connectivity index (χ2v) is 10.2. The van der Waals surface area contributed by atoms with E-state index in [1.165, 1.54) is 0 Å². The molecule has 1 heterocycles. The van der Waals surface area contributed by atoms with Gasteiger partial charge in [0.1, 0.15) is 30.0 Å². The number of rotatable bonds is 8. The number of halogens is 1. The van der Waals surface area contributed by atoms with Gasteiger partial charge < -0.3 is 29.5 Å². The fraction of sp³-hybridized carbons (Fsp3) is 0.310. The number of nitrogens with one attached hydrogen (secondary N) is 1. The first kappa shape index (κ1) is 25.7. The van der Waals surface area contributed by atoms with Gasteiger partial charge in [0, 0.05) is 18.7 Å². The van der Waals surface area contributed by atoms with Crippen LogP contribution in [-0.2, 0) is 10.2 Å². The van der Waals surface area contributed by atoms with E-state index in [4.69, 9.17) is 25.8 Å². The van der Waals surface area contributed by atoms with Crippen LogP contribution in [0.5, 0.6) is 17.2 Å². The van der Waals surface area contributed by atoms with Gasteiger partial charge >= 0.3 is 5.97 Å².